The lowest BCUT2D eigenvalue weighted by Crippen LogP contribution is -2.58. The SMILES string of the molecule is COc1cc(OC)cc(N(C)C(=O)C[C@@H]2[C@]3(C)CCCC(C)(C)[C@@H]3CC[C@@]2(C)O)c1. The third-order valence-electron chi connectivity index (χ3n) is 8.24. The maximum Gasteiger partial charge on any atom is 0.227 e. The second-order valence-electron chi connectivity index (χ2n) is 10.6. The van der Waals surface area contributed by atoms with Crippen molar-refractivity contribution >= 4 is 11.6 Å². The summed E-state index contributed by atoms with van der Waals surface area (Å²) in [5, 5.41) is 11.4. The van der Waals surface area contributed by atoms with Gasteiger partial charge in [0, 0.05) is 37.6 Å². The van der Waals surface area contributed by atoms with Gasteiger partial charge in [-0.15, -0.1) is 0 Å². The number of hydrogen-bond donors (Lipinski definition) is 1. The first-order chi connectivity index (χ1) is 13.9. The van der Waals surface area contributed by atoms with Crippen LogP contribution in [0.25, 0.3) is 0 Å². The van der Waals surface area contributed by atoms with Crippen LogP contribution in [-0.2, 0) is 4.79 Å². The van der Waals surface area contributed by atoms with Crippen molar-refractivity contribution in [2.45, 2.75) is 71.8 Å². The number of aliphatic hydroxyl groups is 1. The molecule has 1 amide bonds. The summed E-state index contributed by atoms with van der Waals surface area (Å²) in [4.78, 5) is 15.1. The largest absolute Gasteiger partial charge is 0.497 e. The van der Waals surface area contributed by atoms with E-state index in [9.17, 15) is 9.90 Å². The van der Waals surface area contributed by atoms with Gasteiger partial charge >= 0.3 is 0 Å². The second-order valence-corrected chi connectivity index (χ2v) is 10.6. The Hall–Kier alpha value is -1.75. The molecule has 168 valence electrons. The maximum absolute atomic E-state index is 13.4. The van der Waals surface area contributed by atoms with Gasteiger partial charge in [-0.25, -0.2) is 0 Å². The number of carbonyl (C=O) groups excluding carboxylic acids is 1. The fourth-order valence-corrected chi connectivity index (χ4v) is 6.52. The van der Waals surface area contributed by atoms with Crippen LogP contribution in [0.2, 0.25) is 0 Å². The summed E-state index contributed by atoms with van der Waals surface area (Å²) >= 11 is 0. The quantitative estimate of drug-likeness (QED) is 0.728. The van der Waals surface area contributed by atoms with Gasteiger partial charge in [0.1, 0.15) is 11.5 Å². The van der Waals surface area contributed by atoms with Crippen LogP contribution in [0, 0.1) is 22.7 Å². The topological polar surface area (TPSA) is 59.0 Å². The number of benzene rings is 1. The van der Waals surface area contributed by atoms with E-state index in [2.05, 4.69) is 20.8 Å². The fourth-order valence-electron chi connectivity index (χ4n) is 6.52. The molecule has 1 aromatic carbocycles. The zero-order valence-electron chi connectivity index (χ0n) is 19.7. The molecule has 0 bridgehead atoms. The Labute approximate surface area is 181 Å². The van der Waals surface area contributed by atoms with Crippen LogP contribution in [0.5, 0.6) is 11.5 Å². The van der Waals surface area contributed by atoms with Gasteiger partial charge in [0.05, 0.1) is 25.5 Å². The zero-order chi connectivity index (χ0) is 22.3. The average Bonchev–Trinajstić information content (AvgIpc) is 2.68. The number of anilines is 1. The molecule has 4 atom stereocenters. The number of fused-ring (bicyclic) bond motifs is 1. The van der Waals surface area contributed by atoms with Crippen molar-refractivity contribution in [2.75, 3.05) is 26.2 Å². The number of methoxy groups -OCH3 is 2. The van der Waals surface area contributed by atoms with E-state index in [0.29, 0.717) is 23.8 Å². The van der Waals surface area contributed by atoms with Crippen molar-refractivity contribution in [1.29, 1.82) is 0 Å². The van der Waals surface area contributed by atoms with Gasteiger partial charge in [-0.2, -0.15) is 0 Å². The minimum Gasteiger partial charge on any atom is -0.497 e. The summed E-state index contributed by atoms with van der Waals surface area (Å²) in [5.74, 6) is 1.77. The highest BCUT2D eigenvalue weighted by Gasteiger charge is 2.58. The molecule has 0 heterocycles. The van der Waals surface area contributed by atoms with Gasteiger partial charge in [0.25, 0.3) is 0 Å². The molecule has 0 spiro atoms. The first-order valence-corrected chi connectivity index (χ1v) is 11.2. The van der Waals surface area contributed by atoms with Crippen LogP contribution in [-0.4, -0.2) is 37.9 Å². The van der Waals surface area contributed by atoms with Gasteiger partial charge < -0.3 is 19.5 Å². The van der Waals surface area contributed by atoms with E-state index in [4.69, 9.17) is 9.47 Å². The molecule has 0 aliphatic heterocycles. The Kier molecular flexibility index (Phi) is 6.16. The third-order valence-corrected chi connectivity index (χ3v) is 8.24. The summed E-state index contributed by atoms with van der Waals surface area (Å²) in [6, 6.07) is 5.48. The Bertz CT molecular complexity index is 765. The standard InChI is InChI=1S/C25H39NO4/c1-23(2)10-8-11-24(3)20(23)9-12-25(4,28)21(24)16-22(27)26(5)17-13-18(29-6)15-19(14-17)30-7/h13-15,20-21,28H,8-12,16H2,1-7H3/t20-,21+,24+,25+/m0/s1. The molecule has 0 unspecified atom stereocenters. The first-order valence-electron chi connectivity index (χ1n) is 11.2. The molecule has 2 fully saturated rings. The highest BCUT2D eigenvalue weighted by molar-refractivity contribution is 5.93. The molecule has 0 aromatic heterocycles. The van der Waals surface area contributed by atoms with E-state index < -0.39 is 5.60 Å². The smallest absolute Gasteiger partial charge is 0.227 e. The molecule has 0 saturated heterocycles. The third kappa shape index (κ3) is 4.05. The van der Waals surface area contributed by atoms with Crippen LogP contribution in [0.15, 0.2) is 18.2 Å². The lowest BCUT2D eigenvalue weighted by molar-refractivity contribution is -0.172. The molecule has 5 heteroatoms. The van der Waals surface area contributed by atoms with Crippen LogP contribution < -0.4 is 14.4 Å². The van der Waals surface area contributed by atoms with E-state index in [1.807, 2.05) is 19.1 Å². The predicted molar refractivity (Wildman–Crippen MR) is 120 cm³/mol. The van der Waals surface area contributed by atoms with E-state index in [0.717, 1.165) is 31.4 Å². The molecule has 2 aliphatic carbocycles. The molecule has 5 nitrogen and oxygen atoms in total. The minimum atomic E-state index is -0.832. The second kappa shape index (κ2) is 8.07. The predicted octanol–water partition coefficient (Wildman–Crippen LogP) is 5.05. The van der Waals surface area contributed by atoms with Gasteiger partial charge in [-0.05, 0) is 49.4 Å². The minimum absolute atomic E-state index is 0.0147. The Balaban J connectivity index is 1.88. The highest BCUT2D eigenvalue weighted by Crippen LogP contribution is 2.62. The number of ether oxygens (including phenoxy) is 2. The lowest BCUT2D eigenvalue weighted by Gasteiger charge is -2.61. The fraction of sp³-hybridized carbons (Fsp3) is 0.720. The van der Waals surface area contributed by atoms with E-state index in [1.54, 1.807) is 32.2 Å². The monoisotopic (exact) mass is 417 g/mol. The molecule has 2 saturated carbocycles. The van der Waals surface area contributed by atoms with Crippen LogP contribution in [0.3, 0.4) is 0 Å². The molecule has 1 N–H and O–H groups in total. The van der Waals surface area contributed by atoms with Crippen LogP contribution in [0.4, 0.5) is 5.69 Å². The van der Waals surface area contributed by atoms with E-state index in [1.165, 1.54) is 6.42 Å². The first kappa shape index (κ1) is 22.9. The van der Waals surface area contributed by atoms with Gasteiger partial charge in [0.2, 0.25) is 5.91 Å². The average molecular weight is 418 g/mol. The molecule has 3 rings (SSSR count). The van der Waals surface area contributed by atoms with E-state index >= 15 is 0 Å². The number of carbonyl (C=O) groups is 1. The molecule has 2 aliphatic rings. The summed E-state index contributed by atoms with van der Waals surface area (Å²) < 4.78 is 10.7. The zero-order valence-corrected chi connectivity index (χ0v) is 19.7. The lowest BCUT2D eigenvalue weighted by atomic mass is 9.45. The Morgan fingerprint density at radius 1 is 1.07 bits per heavy atom. The number of hydrogen-bond acceptors (Lipinski definition) is 4. The van der Waals surface area contributed by atoms with Gasteiger partial charge in [-0.3, -0.25) is 4.79 Å². The molecular formula is C25H39NO4. The summed E-state index contributed by atoms with van der Waals surface area (Å²) in [6.45, 7) is 8.98. The van der Waals surface area contributed by atoms with Crippen molar-refractivity contribution in [3.63, 3.8) is 0 Å². The van der Waals surface area contributed by atoms with Crippen molar-refractivity contribution in [2.24, 2.45) is 22.7 Å². The van der Waals surface area contributed by atoms with Crippen LogP contribution in [0.1, 0.15) is 66.2 Å². The van der Waals surface area contributed by atoms with Gasteiger partial charge in [-0.1, -0.05) is 27.2 Å². The molecule has 1 aromatic rings. The molecular weight excluding hydrogens is 378 g/mol. The molecule has 30 heavy (non-hydrogen) atoms. The molecule has 0 radical (unpaired) electrons. The van der Waals surface area contributed by atoms with E-state index in [-0.39, 0.29) is 22.7 Å². The van der Waals surface area contributed by atoms with Crippen LogP contribution >= 0.6 is 0 Å². The number of rotatable bonds is 5. The summed E-state index contributed by atoms with van der Waals surface area (Å²) in [7, 11) is 5.00. The van der Waals surface area contributed by atoms with Crippen molar-refractivity contribution < 1.29 is 19.4 Å². The van der Waals surface area contributed by atoms with Crippen molar-refractivity contribution in [1.82, 2.24) is 0 Å². The highest BCUT2D eigenvalue weighted by atomic mass is 16.5. The Morgan fingerprint density at radius 3 is 2.23 bits per heavy atom. The Morgan fingerprint density at radius 2 is 1.67 bits per heavy atom. The number of nitrogens with zero attached hydrogens (tertiary/aromatic N) is 1. The van der Waals surface area contributed by atoms with Crippen molar-refractivity contribution in [3.8, 4) is 11.5 Å². The normalized spacial score (nSPS) is 32.8. The number of amides is 1. The summed E-state index contributed by atoms with van der Waals surface area (Å²) in [5.41, 5.74) is 0.113. The van der Waals surface area contributed by atoms with Crippen molar-refractivity contribution in [3.05, 3.63) is 18.2 Å². The van der Waals surface area contributed by atoms with Gasteiger partial charge in [0.15, 0.2) is 0 Å². The maximum atomic E-state index is 13.4. The summed E-state index contributed by atoms with van der Waals surface area (Å²) in [6.07, 6.45) is 5.58.